The SMILES string of the molecule is CCOc1ccccc1C(=O)NCC(=O)NCC(C)Cn1nc(C)cc1C. The lowest BCUT2D eigenvalue weighted by atomic mass is 10.2. The zero-order chi connectivity index (χ0) is 19.8. The van der Waals surface area contributed by atoms with Crippen molar-refractivity contribution in [3.63, 3.8) is 0 Å². The summed E-state index contributed by atoms with van der Waals surface area (Å²) >= 11 is 0. The van der Waals surface area contributed by atoms with Gasteiger partial charge in [-0.2, -0.15) is 5.10 Å². The summed E-state index contributed by atoms with van der Waals surface area (Å²) in [4.78, 5) is 24.3. The van der Waals surface area contributed by atoms with Gasteiger partial charge < -0.3 is 15.4 Å². The molecule has 0 spiro atoms. The summed E-state index contributed by atoms with van der Waals surface area (Å²) in [6, 6.07) is 9.01. The van der Waals surface area contributed by atoms with Gasteiger partial charge in [-0.3, -0.25) is 14.3 Å². The number of amides is 2. The van der Waals surface area contributed by atoms with Gasteiger partial charge in [0.05, 0.1) is 24.4 Å². The van der Waals surface area contributed by atoms with Crippen LogP contribution in [-0.4, -0.2) is 41.3 Å². The number of aromatic nitrogens is 2. The van der Waals surface area contributed by atoms with Gasteiger partial charge in [0.2, 0.25) is 5.91 Å². The van der Waals surface area contributed by atoms with Crippen LogP contribution in [0.15, 0.2) is 30.3 Å². The van der Waals surface area contributed by atoms with E-state index in [0.717, 1.165) is 17.9 Å². The number of rotatable bonds is 9. The van der Waals surface area contributed by atoms with Crippen LogP contribution in [0.2, 0.25) is 0 Å². The molecule has 2 aromatic rings. The number of benzene rings is 1. The minimum Gasteiger partial charge on any atom is -0.493 e. The molecule has 27 heavy (non-hydrogen) atoms. The molecule has 0 aliphatic rings. The van der Waals surface area contributed by atoms with Crippen molar-refractivity contribution >= 4 is 11.8 Å². The smallest absolute Gasteiger partial charge is 0.255 e. The molecule has 1 aromatic carbocycles. The lowest BCUT2D eigenvalue weighted by Gasteiger charge is -2.14. The van der Waals surface area contributed by atoms with Crippen LogP contribution in [0.3, 0.4) is 0 Å². The maximum Gasteiger partial charge on any atom is 0.255 e. The number of ether oxygens (including phenoxy) is 1. The van der Waals surface area contributed by atoms with Crippen LogP contribution in [-0.2, 0) is 11.3 Å². The molecule has 146 valence electrons. The highest BCUT2D eigenvalue weighted by Crippen LogP contribution is 2.17. The van der Waals surface area contributed by atoms with Crippen molar-refractivity contribution in [2.24, 2.45) is 5.92 Å². The van der Waals surface area contributed by atoms with Gasteiger partial charge in [-0.25, -0.2) is 0 Å². The van der Waals surface area contributed by atoms with Gasteiger partial charge in [0.1, 0.15) is 5.75 Å². The minimum absolute atomic E-state index is 0.0775. The molecule has 2 amide bonds. The summed E-state index contributed by atoms with van der Waals surface area (Å²) < 4.78 is 7.39. The third kappa shape index (κ3) is 6.13. The van der Waals surface area contributed by atoms with E-state index in [2.05, 4.69) is 15.7 Å². The molecule has 2 N–H and O–H groups in total. The fourth-order valence-corrected chi connectivity index (χ4v) is 2.76. The second kappa shape index (κ2) is 9.75. The molecule has 0 aliphatic carbocycles. The highest BCUT2D eigenvalue weighted by Gasteiger charge is 2.14. The molecule has 1 aromatic heterocycles. The molecule has 0 aliphatic heterocycles. The first-order chi connectivity index (χ1) is 12.9. The van der Waals surface area contributed by atoms with Crippen LogP contribution < -0.4 is 15.4 Å². The van der Waals surface area contributed by atoms with Crippen molar-refractivity contribution in [3.05, 3.63) is 47.3 Å². The van der Waals surface area contributed by atoms with E-state index >= 15 is 0 Å². The predicted molar refractivity (Wildman–Crippen MR) is 104 cm³/mol. The quantitative estimate of drug-likeness (QED) is 0.706. The van der Waals surface area contributed by atoms with Crippen LogP contribution in [0, 0.1) is 19.8 Å². The minimum atomic E-state index is -0.329. The normalized spacial score (nSPS) is 11.7. The molecule has 0 bridgehead atoms. The summed E-state index contributed by atoms with van der Waals surface area (Å²) in [6.45, 7) is 9.52. The van der Waals surface area contributed by atoms with Crippen molar-refractivity contribution < 1.29 is 14.3 Å². The third-order valence-electron chi connectivity index (χ3n) is 4.08. The first-order valence-corrected chi connectivity index (χ1v) is 9.18. The highest BCUT2D eigenvalue weighted by molar-refractivity contribution is 5.98. The maximum absolute atomic E-state index is 12.3. The van der Waals surface area contributed by atoms with Crippen LogP contribution in [0.4, 0.5) is 0 Å². The molecule has 0 saturated carbocycles. The Morgan fingerprint density at radius 1 is 1.22 bits per heavy atom. The third-order valence-corrected chi connectivity index (χ3v) is 4.08. The standard InChI is InChI=1S/C20H28N4O3/c1-5-27-18-9-7-6-8-17(18)20(26)22-12-19(25)21-11-14(2)13-24-16(4)10-15(3)23-24/h6-10,14H,5,11-13H2,1-4H3,(H,21,25)(H,22,26). The van der Waals surface area contributed by atoms with Gasteiger partial charge in [0, 0.05) is 18.8 Å². The molecular weight excluding hydrogens is 344 g/mol. The lowest BCUT2D eigenvalue weighted by molar-refractivity contribution is -0.120. The molecule has 2 rings (SSSR count). The number of carbonyl (C=O) groups is 2. The van der Waals surface area contributed by atoms with Crippen molar-refractivity contribution in [3.8, 4) is 5.75 Å². The number of carbonyl (C=O) groups excluding carboxylic acids is 2. The molecule has 0 radical (unpaired) electrons. The largest absolute Gasteiger partial charge is 0.493 e. The maximum atomic E-state index is 12.3. The van der Waals surface area contributed by atoms with Gasteiger partial charge >= 0.3 is 0 Å². The summed E-state index contributed by atoms with van der Waals surface area (Å²) in [5, 5.41) is 9.91. The Bertz CT molecular complexity index is 785. The first-order valence-electron chi connectivity index (χ1n) is 9.18. The topological polar surface area (TPSA) is 85.2 Å². The summed E-state index contributed by atoms with van der Waals surface area (Å²) in [5.74, 6) is 0.181. The van der Waals surface area contributed by atoms with E-state index in [0.29, 0.717) is 24.5 Å². The Morgan fingerprint density at radius 3 is 2.63 bits per heavy atom. The van der Waals surface area contributed by atoms with E-state index in [1.54, 1.807) is 24.3 Å². The number of hydrogen-bond donors (Lipinski definition) is 2. The molecule has 0 saturated heterocycles. The monoisotopic (exact) mass is 372 g/mol. The second-order valence-electron chi connectivity index (χ2n) is 6.63. The molecular formula is C20H28N4O3. The molecule has 7 nitrogen and oxygen atoms in total. The Kier molecular flexibility index (Phi) is 7.40. The van der Waals surface area contributed by atoms with E-state index in [1.807, 2.05) is 38.4 Å². The molecule has 0 fully saturated rings. The zero-order valence-corrected chi connectivity index (χ0v) is 16.4. The van der Waals surface area contributed by atoms with Gasteiger partial charge in [-0.15, -0.1) is 0 Å². The zero-order valence-electron chi connectivity index (χ0n) is 16.4. The van der Waals surface area contributed by atoms with Gasteiger partial charge in [0.15, 0.2) is 0 Å². The van der Waals surface area contributed by atoms with Gasteiger partial charge in [0.25, 0.3) is 5.91 Å². The number of nitrogens with zero attached hydrogens (tertiary/aromatic N) is 2. The summed E-state index contributed by atoms with van der Waals surface area (Å²) in [6.07, 6.45) is 0. The second-order valence-corrected chi connectivity index (χ2v) is 6.63. The van der Waals surface area contributed by atoms with Gasteiger partial charge in [-0.05, 0) is 44.9 Å². The fraction of sp³-hybridized carbons (Fsp3) is 0.450. The molecule has 7 heteroatoms. The van der Waals surface area contributed by atoms with Crippen molar-refractivity contribution in [2.75, 3.05) is 19.7 Å². The number of nitrogens with one attached hydrogen (secondary N) is 2. The van der Waals surface area contributed by atoms with E-state index in [1.165, 1.54) is 0 Å². The van der Waals surface area contributed by atoms with Crippen molar-refractivity contribution in [1.82, 2.24) is 20.4 Å². The van der Waals surface area contributed by atoms with Crippen LogP contribution in [0.1, 0.15) is 35.6 Å². The van der Waals surface area contributed by atoms with E-state index < -0.39 is 0 Å². The van der Waals surface area contributed by atoms with Crippen LogP contribution in [0.25, 0.3) is 0 Å². The Balaban J connectivity index is 1.77. The first kappa shape index (κ1) is 20.5. The van der Waals surface area contributed by atoms with Gasteiger partial charge in [-0.1, -0.05) is 19.1 Å². The van der Waals surface area contributed by atoms with E-state index in [9.17, 15) is 9.59 Å². The number of aryl methyl sites for hydroxylation is 2. The fourth-order valence-electron chi connectivity index (χ4n) is 2.76. The Morgan fingerprint density at radius 2 is 1.96 bits per heavy atom. The van der Waals surface area contributed by atoms with Crippen molar-refractivity contribution in [2.45, 2.75) is 34.2 Å². The average Bonchev–Trinajstić information content (AvgIpc) is 2.95. The molecule has 1 heterocycles. The molecule has 1 atom stereocenters. The predicted octanol–water partition coefficient (Wildman–Crippen LogP) is 2.08. The Labute approximate surface area is 160 Å². The summed E-state index contributed by atoms with van der Waals surface area (Å²) in [5.41, 5.74) is 2.51. The van der Waals surface area contributed by atoms with Crippen LogP contribution in [0.5, 0.6) is 5.75 Å². The Hall–Kier alpha value is -2.83. The average molecular weight is 372 g/mol. The van der Waals surface area contributed by atoms with E-state index in [-0.39, 0.29) is 24.3 Å². The number of para-hydroxylation sites is 1. The van der Waals surface area contributed by atoms with Crippen LogP contribution >= 0.6 is 0 Å². The highest BCUT2D eigenvalue weighted by atomic mass is 16.5. The molecule has 1 unspecified atom stereocenters. The van der Waals surface area contributed by atoms with Crippen molar-refractivity contribution in [1.29, 1.82) is 0 Å². The number of hydrogen-bond acceptors (Lipinski definition) is 4. The summed E-state index contributed by atoms with van der Waals surface area (Å²) in [7, 11) is 0. The lowest BCUT2D eigenvalue weighted by Crippen LogP contribution is -2.39. The van der Waals surface area contributed by atoms with E-state index in [4.69, 9.17) is 4.74 Å².